The number of nitrogens with two attached hydrogens (primary N) is 1. The van der Waals surface area contributed by atoms with Crippen LogP contribution in [0.3, 0.4) is 0 Å². The molecule has 8 heteroatoms. The van der Waals surface area contributed by atoms with Gasteiger partial charge in [-0.05, 0) is 31.0 Å². The zero-order chi connectivity index (χ0) is 14.5. The summed E-state index contributed by atoms with van der Waals surface area (Å²) in [5.41, 5.74) is 13.6. The second-order valence-corrected chi connectivity index (χ2v) is 4.37. The van der Waals surface area contributed by atoms with Gasteiger partial charge in [-0.1, -0.05) is 17.4 Å². The van der Waals surface area contributed by atoms with E-state index in [-0.39, 0.29) is 0 Å². The summed E-state index contributed by atoms with van der Waals surface area (Å²) in [5, 5.41) is 18.2. The van der Waals surface area contributed by atoms with E-state index >= 15 is 0 Å². The Morgan fingerprint density at radius 2 is 2.20 bits per heavy atom. The van der Waals surface area contributed by atoms with E-state index < -0.39 is 12.0 Å². The van der Waals surface area contributed by atoms with Gasteiger partial charge in [0.1, 0.15) is 6.04 Å². The third-order valence-electron chi connectivity index (χ3n) is 2.64. The third kappa shape index (κ3) is 3.69. The van der Waals surface area contributed by atoms with Crippen molar-refractivity contribution in [1.29, 1.82) is 0 Å². The van der Waals surface area contributed by atoms with Gasteiger partial charge >= 0.3 is 5.97 Å². The van der Waals surface area contributed by atoms with Gasteiger partial charge in [0.05, 0.1) is 17.6 Å². The SMILES string of the molecule is CC1=NNN(Nc2ccc(CC(N)C(=O)O)cc2)N=C1. The van der Waals surface area contributed by atoms with Gasteiger partial charge in [-0.25, -0.2) is 0 Å². The molecule has 0 radical (unpaired) electrons. The minimum absolute atomic E-state index is 0.291. The van der Waals surface area contributed by atoms with E-state index in [4.69, 9.17) is 10.8 Å². The van der Waals surface area contributed by atoms with Gasteiger partial charge in [-0.3, -0.25) is 10.2 Å². The number of nitrogens with zero attached hydrogens (tertiary/aromatic N) is 3. The molecule has 0 spiro atoms. The van der Waals surface area contributed by atoms with E-state index in [1.807, 2.05) is 31.2 Å². The van der Waals surface area contributed by atoms with Crippen LogP contribution >= 0.6 is 0 Å². The lowest BCUT2D eigenvalue weighted by Crippen LogP contribution is -2.38. The Kier molecular flexibility index (Phi) is 4.16. The first kappa shape index (κ1) is 13.8. The Bertz CT molecular complexity index is 539. The maximum Gasteiger partial charge on any atom is 0.320 e. The number of hydrazine groups is 2. The molecule has 0 aromatic heterocycles. The van der Waals surface area contributed by atoms with E-state index in [1.54, 1.807) is 6.21 Å². The largest absolute Gasteiger partial charge is 0.480 e. The van der Waals surface area contributed by atoms with E-state index in [0.717, 1.165) is 17.0 Å². The van der Waals surface area contributed by atoms with Crippen LogP contribution in [0.5, 0.6) is 0 Å². The molecule has 0 fully saturated rings. The maximum absolute atomic E-state index is 10.7. The summed E-state index contributed by atoms with van der Waals surface area (Å²) in [6.07, 6.45) is 1.91. The predicted molar refractivity (Wildman–Crippen MR) is 76.0 cm³/mol. The number of carboxylic acids is 1. The first-order valence-corrected chi connectivity index (χ1v) is 6.02. The highest BCUT2D eigenvalue weighted by molar-refractivity contribution is 6.29. The number of benzene rings is 1. The summed E-state index contributed by atoms with van der Waals surface area (Å²) in [7, 11) is 0. The van der Waals surface area contributed by atoms with Gasteiger partial charge in [-0.2, -0.15) is 10.6 Å². The Morgan fingerprint density at radius 3 is 2.75 bits per heavy atom. The normalized spacial score (nSPS) is 15.3. The number of rotatable bonds is 5. The molecule has 5 N–H and O–H groups in total. The lowest BCUT2D eigenvalue weighted by Gasteiger charge is -2.21. The first-order chi connectivity index (χ1) is 9.54. The van der Waals surface area contributed by atoms with E-state index in [1.165, 1.54) is 5.23 Å². The van der Waals surface area contributed by atoms with Crippen LogP contribution in [0.15, 0.2) is 34.5 Å². The van der Waals surface area contributed by atoms with Crippen molar-refractivity contribution in [2.45, 2.75) is 19.4 Å². The van der Waals surface area contributed by atoms with E-state index in [9.17, 15) is 4.79 Å². The molecule has 0 saturated heterocycles. The number of carboxylic acid groups (broad SMARTS) is 1. The van der Waals surface area contributed by atoms with Crippen LogP contribution in [0.2, 0.25) is 0 Å². The lowest BCUT2D eigenvalue weighted by atomic mass is 10.1. The van der Waals surface area contributed by atoms with Gasteiger partial charge in [0.15, 0.2) is 0 Å². The predicted octanol–water partition coefficient (Wildman–Crippen LogP) is 0.150. The van der Waals surface area contributed by atoms with Crippen LogP contribution in [0.4, 0.5) is 5.69 Å². The van der Waals surface area contributed by atoms with Crippen molar-refractivity contribution in [2.75, 3.05) is 5.43 Å². The molecule has 106 valence electrons. The second kappa shape index (κ2) is 6.02. The molecule has 1 atom stereocenters. The van der Waals surface area contributed by atoms with Crippen molar-refractivity contribution in [3.63, 3.8) is 0 Å². The molecule has 1 aromatic rings. The minimum atomic E-state index is -1.01. The topological polar surface area (TPSA) is 115 Å². The molecule has 1 aromatic carbocycles. The molecule has 8 nitrogen and oxygen atoms in total. The van der Waals surface area contributed by atoms with Crippen LogP contribution < -0.4 is 16.7 Å². The Hall–Kier alpha value is -2.61. The molecule has 2 rings (SSSR count). The molecule has 1 aliphatic heterocycles. The van der Waals surface area contributed by atoms with Crippen molar-refractivity contribution in [3.05, 3.63) is 29.8 Å². The molecular weight excluding hydrogens is 260 g/mol. The summed E-state index contributed by atoms with van der Waals surface area (Å²) in [6.45, 7) is 1.83. The van der Waals surface area contributed by atoms with Gasteiger partial charge < -0.3 is 10.8 Å². The average Bonchev–Trinajstić information content (AvgIpc) is 2.43. The smallest absolute Gasteiger partial charge is 0.320 e. The van der Waals surface area contributed by atoms with Gasteiger partial charge in [0.2, 0.25) is 0 Å². The Morgan fingerprint density at radius 1 is 1.50 bits per heavy atom. The van der Waals surface area contributed by atoms with Crippen LogP contribution in [0.1, 0.15) is 12.5 Å². The van der Waals surface area contributed by atoms with Crippen molar-refractivity contribution >= 4 is 23.6 Å². The second-order valence-electron chi connectivity index (χ2n) is 4.37. The quantitative estimate of drug-likeness (QED) is 0.608. The zero-order valence-electron chi connectivity index (χ0n) is 10.9. The first-order valence-electron chi connectivity index (χ1n) is 6.02. The molecule has 0 amide bonds. The lowest BCUT2D eigenvalue weighted by molar-refractivity contribution is -0.138. The van der Waals surface area contributed by atoms with Crippen molar-refractivity contribution in [3.8, 4) is 0 Å². The highest BCUT2D eigenvalue weighted by Gasteiger charge is 2.12. The summed E-state index contributed by atoms with van der Waals surface area (Å²) >= 11 is 0. The Labute approximate surface area is 115 Å². The van der Waals surface area contributed by atoms with Crippen molar-refractivity contribution < 1.29 is 9.90 Å². The van der Waals surface area contributed by atoms with Gasteiger partial charge in [-0.15, -0.1) is 5.10 Å². The summed E-state index contributed by atoms with van der Waals surface area (Å²) in [5.74, 6) is -1.01. The highest BCUT2D eigenvalue weighted by Crippen LogP contribution is 2.11. The molecular formula is C12H16N6O2. The minimum Gasteiger partial charge on any atom is -0.480 e. The maximum atomic E-state index is 10.7. The van der Waals surface area contributed by atoms with Crippen LogP contribution in [0, 0.1) is 0 Å². The van der Waals surface area contributed by atoms with Gasteiger partial charge in [0, 0.05) is 0 Å². The highest BCUT2D eigenvalue weighted by atomic mass is 16.4. The van der Waals surface area contributed by atoms with E-state index in [2.05, 4.69) is 21.2 Å². The number of hydrogen-bond acceptors (Lipinski definition) is 7. The number of aliphatic carboxylic acids is 1. The third-order valence-corrected chi connectivity index (χ3v) is 2.64. The van der Waals surface area contributed by atoms with Crippen molar-refractivity contribution in [1.82, 2.24) is 10.8 Å². The summed E-state index contributed by atoms with van der Waals surface area (Å²) < 4.78 is 0. The monoisotopic (exact) mass is 276 g/mol. The standard InChI is InChI=1S/C12H16N6O2/c1-8-7-14-18(17-15-8)16-10-4-2-9(3-5-10)6-11(13)12(19)20/h2-5,7,11,16-17H,6,13H2,1H3,(H,19,20). The molecule has 20 heavy (non-hydrogen) atoms. The molecule has 0 aliphatic carbocycles. The van der Waals surface area contributed by atoms with Gasteiger partial charge in [0.25, 0.3) is 0 Å². The molecule has 1 heterocycles. The molecule has 1 unspecified atom stereocenters. The molecule has 0 bridgehead atoms. The molecule has 1 aliphatic rings. The summed E-state index contributed by atoms with van der Waals surface area (Å²) in [4.78, 5) is 10.7. The average molecular weight is 276 g/mol. The summed E-state index contributed by atoms with van der Waals surface area (Å²) in [6, 6.07) is 6.36. The number of anilines is 1. The van der Waals surface area contributed by atoms with Crippen LogP contribution in [0.25, 0.3) is 0 Å². The van der Waals surface area contributed by atoms with E-state index in [0.29, 0.717) is 6.42 Å². The number of hydrazone groups is 2. The van der Waals surface area contributed by atoms with Crippen LogP contribution in [-0.4, -0.2) is 34.3 Å². The molecule has 0 saturated carbocycles. The number of hydrogen-bond donors (Lipinski definition) is 4. The fraction of sp³-hybridized carbons (Fsp3) is 0.250. The fourth-order valence-corrected chi connectivity index (χ4v) is 1.55. The van der Waals surface area contributed by atoms with Crippen molar-refractivity contribution in [2.24, 2.45) is 15.9 Å². The Balaban J connectivity index is 1.92. The fourth-order valence-electron chi connectivity index (χ4n) is 1.55. The van der Waals surface area contributed by atoms with Crippen LogP contribution in [-0.2, 0) is 11.2 Å². The zero-order valence-corrected chi connectivity index (χ0v) is 10.9. The number of carbonyl (C=O) groups is 1. The number of nitrogens with one attached hydrogen (secondary N) is 2.